The normalized spacial score (nSPS) is 27.8. The number of hydrogen-bond acceptors (Lipinski definition) is 13. The van der Waals surface area contributed by atoms with Crippen molar-refractivity contribution in [3.63, 3.8) is 0 Å². The Kier molecular flexibility index (Phi) is 23.6. The topological polar surface area (TPSA) is 170 Å². The van der Waals surface area contributed by atoms with Crippen LogP contribution in [0, 0.1) is 58.2 Å². The molecule has 65 heavy (non-hydrogen) atoms. The second-order valence-corrected chi connectivity index (χ2v) is 21.1. The van der Waals surface area contributed by atoms with Gasteiger partial charge >= 0.3 is 35.8 Å². The third-order valence-electron chi connectivity index (χ3n) is 15.5. The molecular formula is C52H87NO12. The van der Waals surface area contributed by atoms with E-state index in [-0.39, 0.29) is 113 Å². The van der Waals surface area contributed by atoms with E-state index in [0.717, 1.165) is 128 Å². The quantitative estimate of drug-likeness (QED) is 0.0495. The van der Waals surface area contributed by atoms with E-state index in [4.69, 9.17) is 28.4 Å². The first kappa shape index (κ1) is 54.4. The van der Waals surface area contributed by atoms with E-state index in [1.54, 1.807) is 0 Å². The van der Waals surface area contributed by atoms with Crippen molar-refractivity contribution in [3.8, 4) is 0 Å². The van der Waals surface area contributed by atoms with Crippen molar-refractivity contribution in [2.75, 3.05) is 52.7 Å². The number of carbonyl (C=O) groups excluding carboxylic acids is 6. The number of nitrogens with one attached hydrogen (secondary N) is 1. The summed E-state index contributed by atoms with van der Waals surface area (Å²) >= 11 is 0. The van der Waals surface area contributed by atoms with Gasteiger partial charge in [-0.15, -0.1) is 0 Å². The SMILES string of the molecule is CCC1CCC(C(=O)OCC(C)(COC(=O)CCNCCC(=O)OCC(C)(COC(=O)C2CCC(CC)CC2)COC(=O)C2CCC(CC)CC2)COC(=O)C2CCC(CC)CC2)CC1. The molecule has 0 atom stereocenters. The lowest BCUT2D eigenvalue weighted by Crippen LogP contribution is -2.39. The largest absolute Gasteiger partial charge is 0.465 e. The van der Waals surface area contributed by atoms with E-state index in [2.05, 4.69) is 33.0 Å². The average molecular weight is 918 g/mol. The highest BCUT2D eigenvalue weighted by atomic mass is 16.6. The molecule has 0 saturated heterocycles. The Morgan fingerprint density at radius 2 is 0.585 bits per heavy atom. The minimum atomic E-state index is -0.924. The van der Waals surface area contributed by atoms with Gasteiger partial charge in [-0.1, -0.05) is 53.4 Å². The van der Waals surface area contributed by atoms with Crippen molar-refractivity contribution >= 4 is 35.8 Å². The lowest BCUT2D eigenvalue weighted by molar-refractivity contribution is -0.167. The third kappa shape index (κ3) is 19.1. The van der Waals surface area contributed by atoms with Gasteiger partial charge in [0, 0.05) is 13.1 Å². The molecule has 0 radical (unpaired) electrons. The van der Waals surface area contributed by atoms with Crippen molar-refractivity contribution in [3.05, 3.63) is 0 Å². The summed E-state index contributed by atoms with van der Waals surface area (Å²) in [5.41, 5.74) is -1.85. The lowest BCUT2D eigenvalue weighted by atomic mass is 9.81. The molecule has 4 fully saturated rings. The second kappa shape index (κ2) is 28.2. The van der Waals surface area contributed by atoms with Crippen molar-refractivity contribution in [2.45, 2.75) is 183 Å². The summed E-state index contributed by atoms with van der Waals surface area (Å²) in [6, 6.07) is 0. The van der Waals surface area contributed by atoms with Crippen LogP contribution in [-0.2, 0) is 57.2 Å². The van der Waals surface area contributed by atoms with Crippen LogP contribution >= 0.6 is 0 Å². The van der Waals surface area contributed by atoms with Gasteiger partial charge in [0.2, 0.25) is 0 Å². The summed E-state index contributed by atoms with van der Waals surface area (Å²) in [6.45, 7) is 12.5. The molecule has 0 bridgehead atoms. The lowest BCUT2D eigenvalue weighted by Gasteiger charge is -2.32. The highest BCUT2D eigenvalue weighted by Crippen LogP contribution is 2.36. The van der Waals surface area contributed by atoms with Gasteiger partial charge in [-0.2, -0.15) is 0 Å². The van der Waals surface area contributed by atoms with Gasteiger partial charge in [0.25, 0.3) is 0 Å². The van der Waals surface area contributed by atoms with Crippen LogP contribution in [0.5, 0.6) is 0 Å². The Bertz CT molecular complexity index is 1280. The van der Waals surface area contributed by atoms with Crippen LogP contribution in [-0.4, -0.2) is 88.5 Å². The molecule has 0 unspecified atom stereocenters. The predicted octanol–water partition coefficient (Wildman–Crippen LogP) is 9.49. The van der Waals surface area contributed by atoms with Gasteiger partial charge in [-0.05, 0) is 140 Å². The zero-order chi connectivity index (χ0) is 47.2. The third-order valence-corrected chi connectivity index (χ3v) is 15.5. The maximum absolute atomic E-state index is 13.1. The molecule has 0 heterocycles. The fourth-order valence-electron chi connectivity index (χ4n) is 10.1. The Morgan fingerprint density at radius 1 is 0.369 bits per heavy atom. The Hall–Kier alpha value is -3.22. The van der Waals surface area contributed by atoms with Crippen molar-refractivity contribution in [2.24, 2.45) is 58.2 Å². The number of hydrogen-bond donors (Lipinski definition) is 1. The van der Waals surface area contributed by atoms with E-state index < -0.39 is 22.8 Å². The molecule has 0 aromatic heterocycles. The Labute approximate surface area is 391 Å². The van der Waals surface area contributed by atoms with Crippen LogP contribution in [0.25, 0.3) is 0 Å². The predicted molar refractivity (Wildman–Crippen MR) is 247 cm³/mol. The maximum Gasteiger partial charge on any atom is 0.308 e. The van der Waals surface area contributed by atoms with Crippen molar-refractivity contribution < 1.29 is 57.2 Å². The summed E-state index contributed by atoms with van der Waals surface area (Å²) < 4.78 is 34.6. The minimum Gasteiger partial charge on any atom is -0.465 e. The van der Waals surface area contributed by atoms with Crippen LogP contribution in [0.2, 0.25) is 0 Å². The number of carbonyl (C=O) groups is 6. The molecule has 0 aromatic rings. The first-order valence-corrected chi connectivity index (χ1v) is 25.9. The summed E-state index contributed by atoms with van der Waals surface area (Å²) in [7, 11) is 0. The fourth-order valence-corrected chi connectivity index (χ4v) is 10.1. The number of ether oxygens (including phenoxy) is 6. The van der Waals surface area contributed by atoms with E-state index in [0.29, 0.717) is 23.7 Å². The molecule has 0 aliphatic heterocycles. The monoisotopic (exact) mass is 918 g/mol. The molecule has 1 N–H and O–H groups in total. The highest BCUT2D eigenvalue weighted by Gasteiger charge is 2.37. The molecule has 13 heteroatoms. The molecular weight excluding hydrogens is 831 g/mol. The van der Waals surface area contributed by atoms with E-state index in [1.807, 2.05) is 13.8 Å². The Balaban J connectivity index is 1.20. The first-order chi connectivity index (χ1) is 31.2. The molecule has 0 spiro atoms. The van der Waals surface area contributed by atoms with Gasteiger partial charge in [0.1, 0.15) is 39.6 Å². The summed E-state index contributed by atoms with van der Waals surface area (Å²) in [5, 5.41) is 3.10. The second-order valence-electron chi connectivity index (χ2n) is 21.1. The average Bonchev–Trinajstić information content (AvgIpc) is 3.34. The van der Waals surface area contributed by atoms with Crippen LogP contribution in [0.4, 0.5) is 0 Å². The number of rotatable bonds is 26. The van der Waals surface area contributed by atoms with Crippen LogP contribution in [0.3, 0.4) is 0 Å². The summed E-state index contributed by atoms with van der Waals surface area (Å²) in [5.74, 6) is 0.0344. The van der Waals surface area contributed by atoms with Gasteiger partial charge < -0.3 is 33.7 Å². The zero-order valence-corrected chi connectivity index (χ0v) is 41.2. The molecule has 4 aliphatic carbocycles. The molecule has 372 valence electrons. The first-order valence-electron chi connectivity index (χ1n) is 25.9. The molecule has 4 aliphatic rings. The van der Waals surface area contributed by atoms with Crippen LogP contribution < -0.4 is 5.32 Å². The van der Waals surface area contributed by atoms with Crippen LogP contribution in [0.15, 0.2) is 0 Å². The van der Waals surface area contributed by atoms with Crippen molar-refractivity contribution in [1.29, 1.82) is 0 Å². The van der Waals surface area contributed by atoms with Gasteiger partial charge in [0.15, 0.2) is 0 Å². The van der Waals surface area contributed by atoms with E-state index >= 15 is 0 Å². The van der Waals surface area contributed by atoms with Gasteiger partial charge in [-0.25, -0.2) is 0 Å². The zero-order valence-electron chi connectivity index (χ0n) is 41.2. The van der Waals surface area contributed by atoms with Crippen LogP contribution in [0.1, 0.15) is 183 Å². The van der Waals surface area contributed by atoms with E-state index in [9.17, 15) is 28.8 Å². The summed E-state index contributed by atoms with van der Waals surface area (Å²) in [6.07, 6.45) is 19.0. The molecule has 0 aromatic carbocycles. The highest BCUT2D eigenvalue weighted by molar-refractivity contribution is 5.74. The smallest absolute Gasteiger partial charge is 0.308 e. The van der Waals surface area contributed by atoms with E-state index in [1.165, 1.54) is 0 Å². The standard InChI is InChI=1S/C52H87NO12/c1-7-37-11-19-41(20-12-37)47(56)62-33-51(5,34-63-48(57)42-21-13-38(8-2)14-22-42)31-60-45(54)27-29-53-30-28-46(55)61-32-52(6,35-64-49(58)43-23-15-39(9-3)16-24-43)36-65-50(59)44-25-17-40(10-4)18-26-44/h37-44,53H,7-36H2,1-6H3. The van der Waals surface area contributed by atoms with Gasteiger partial charge in [-0.3, -0.25) is 28.8 Å². The molecule has 4 saturated carbocycles. The fraction of sp³-hybridized carbons (Fsp3) is 0.885. The number of esters is 6. The minimum absolute atomic E-state index is 0.0288. The maximum atomic E-state index is 13.1. The summed E-state index contributed by atoms with van der Waals surface area (Å²) in [4.78, 5) is 78.2. The molecule has 13 nitrogen and oxygen atoms in total. The molecule has 0 amide bonds. The Morgan fingerprint density at radius 3 is 0.800 bits per heavy atom. The van der Waals surface area contributed by atoms with Gasteiger partial charge in [0.05, 0.1) is 47.3 Å². The molecule has 4 rings (SSSR count). The van der Waals surface area contributed by atoms with Crippen molar-refractivity contribution in [1.82, 2.24) is 5.32 Å².